The number of hydrogen-bond acceptors (Lipinski definition) is 4. The minimum Gasteiger partial charge on any atom is -0.624 e. The highest BCUT2D eigenvalue weighted by atomic mass is 16.6. The summed E-state index contributed by atoms with van der Waals surface area (Å²) in [7, 11) is 0. The van der Waals surface area contributed by atoms with Crippen LogP contribution in [0.3, 0.4) is 0 Å². The van der Waals surface area contributed by atoms with Crippen LogP contribution >= 0.6 is 0 Å². The van der Waals surface area contributed by atoms with Crippen LogP contribution in [0.1, 0.15) is 18.1 Å². The summed E-state index contributed by atoms with van der Waals surface area (Å²) in [5, 5.41) is 12.1. The Hall–Kier alpha value is -2.82. The Morgan fingerprint density at radius 1 is 1.17 bits per heavy atom. The quantitative estimate of drug-likeness (QED) is 0.258. The number of esters is 1. The van der Waals surface area contributed by atoms with Crippen molar-refractivity contribution in [2.24, 2.45) is 0 Å². The van der Waals surface area contributed by atoms with E-state index in [9.17, 15) is 10.0 Å². The molecule has 0 unspecified atom stereocenters. The van der Waals surface area contributed by atoms with Gasteiger partial charge in [-0.25, -0.2) is 4.74 Å². The number of benzene rings is 2. The second kappa shape index (κ2) is 8.72. The molecule has 0 aliphatic rings. The summed E-state index contributed by atoms with van der Waals surface area (Å²) in [5.74, 6) is 0.218. The molecule has 5 nitrogen and oxygen atoms in total. The standard InChI is InChI=1S/C19H21NO4/c1-15-8-10-17(11-9-15)12-20(22)13-19(24-16(2)21)14-23-18-6-4-3-5-7-18/h3-12,19H,13-14H2,1-2H3/b20-12-/t19-/m1/s1. The van der Waals surface area contributed by atoms with Gasteiger partial charge in [-0.05, 0) is 31.2 Å². The molecule has 5 heteroatoms. The van der Waals surface area contributed by atoms with Crippen LogP contribution in [0.5, 0.6) is 5.75 Å². The summed E-state index contributed by atoms with van der Waals surface area (Å²) in [6.45, 7) is 3.41. The monoisotopic (exact) mass is 327 g/mol. The normalized spacial score (nSPS) is 12.5. The van der Waals surface area contributed by atoms with Crippen molar-refractivity contribution in [2.45, 2.75) is 20.0 Å². The van der Waals surface area contributed by atoms with Crippen LogP contribution in [-0.2, 0) is 9.53 Å². The lowest BCUT2D eigenvalue weighted by atomic mass is 10.2. The Morgan fingerprint density at radius 3 is 2.46 bits per heavy atom. The lowest BCUT2D eigenvalue weighted by molar-refractivity contribution is -0.464. The Bertz CT molecular complexity index is 680. The van der Waals surface area contributed by atoms with E-state index in [1.54, 1.807) is 12.1 Å². The van der Waals surface area contributed by atoms with Crippen molar-refractivity contribution < 1.29 is 19.0 Å². The van der Waals surface area contributed by atoms with Crippen LogP contribution < -0.4 is 4.74 Å². The molecule has 0 aromatic heterocycles. The maximum atomic E-state index is 12.1. The number of nitrogens with zero attached hydrogens (tertiary/aromatic N) is 1. The first kappa shape index (κ1) is 17.5. The van der Waals surface area contributed by atoms with Gasteiger partial charge in [-0.15, -0.1) is 0 Å². The third-order valence-electron chi connectivity index (χ3n) is 3.27. The van der Waals surface area contributed by atoms with Crippen LogP contribution in [0.2, 0.25) is 0 Å². The number of hydroxylamine groups is 1. The van der Waals surface area contributed by atoms with Crippen molar-refractivity contribution in [1.82, 2.24) is 0 Å². The molecule has 0 aliphatic heterocycles. The van der Waals surface area contributed by atoms with Crippen molar-refractivity contribution in [3.05, 3.63) is 70.9 Å². The zero-order valence-corrected chi connectivity index (χ0v) is 13.8. The van der Waals surface area contributed by atoms with Crippen LogP contribution in [0.4, 0.5) is 0 Å². The highest BCUT2D eigenvalue weighted by molar-refractivity contribution is 5.75. The van der Waals surface area contributed by atoms with E-state index in [4.69, 9.17) is 9.47 Å². The van der Waals surface area contributed by atoms with E-state index in [0.717, 1.165) is 15.9 Å². The van der Waals surface area contributed by atoms with E-state index in [1.807, 2.05) is 49.4 Å². The Kier molecular flexibility index (Phi) is 6.37. The molecule has 1 atom stereocenters. The van der Waals surface area contributed by atoms with Gasteiger partial charge in [-0.3, -0.25) is 4.79 Å². The van der Waals surface area contributed by atoms with Crippen LogP contribution in [0.25, 0.3) is 0 Å². The number of rotatable bonds is 7. The zero-order chi connectivity index (χ0) is 17.4. The van der Waals surface area contributed by atoms with Crippen molar-refractivity contribution in [2.75, 3.05) is 13.2 Å². The SMILES string of the molecule is CC(=O)O[C@@H](COc1ccccc1)C/[N+]([O-])=C/c1ccc(C)cc1. The van der Waals surface area contributed by atoms with Crippen molar-refractivity contribution in [3.8, 4) is 5.75 Å². The molecular formula is C19H21NO4. The van der Waals surface area contributed by atoms with E-state index in [2.05, 4.69) is 0 Å². The van der Waals surface area contributed by atoms with E-state index in [1.165, 1.54) is 13.1 Å². The van der Waals surface area contributed by atoms with Gasteiger partial charge >= 0.3 is 5.97 Å². The molecule has 0 saturated carbocycles. The van der Waals surface area contributed by atoms with Gasteiger partial charge in [0.1, 0.15) is 12.4 Å². The first-order chi connectivity index (χ1) is 11.5. The Morgan fingerprint density at radius 2 is 1.83 bits per heavy atom. The highest BCUT2D eigenvalue weighted by Crippen LogP contribution is 2.09. The molecule has 126 valence electrons. The summed E-state index contributed by atoms with van der Waals surface area (Å²) in [6.07, 6.45) is 0.820. The lowest BCUT2D eigenvalue weighted by Crippen LogP contribution is -2.32. The topological polar surface area (TPSA) is 61.6 Å². The number of hydrogen-bond donors (Lipinski definition) is 0. The molecule has 24 heavy (non-hydrogen) atoms. The van der Waals surface area contributed by atoms with Gasteiger partial charge in [0.25, 0.3) is 0 Å². The van der Waals surface area contributed by atoms with Crippen LogP contribution in [0, 0.1) is 12.1 Å². The molecule has 0 fully saturated rings. The van der Waals surface area contributed by atoms with Gasteiger partial charge in [0.05, 0.1) is 0 Å². The van der Waals surface area contributed by atoms with Gasteiger partial charge in [0.2, 0.25) is 0 Å². The Labute approximate surface area is 141 Å². The fourth-order valence-electron chi connectivity index (χ4n) is 2.14. The summed E-state index contributed by atoms with van der Waals surface area (Å²) in [4.78, 5) is 11.2. The number of carbonyl (C=O) groups excluding carboxylic acids is 1. The second-order valence-electron chi connectivity index (χ2n) is 5.49. The zero-order valence-electron chi connectivity index (χ0n) is 13.8. The second-order valence-corrected chi connectivity index (χ2v) is 5.49. The fraction of sp³-hybridized carbons (Fsp3) is 0.263. The highest BCUT2D eigenvalue weighted by Gasteiger charge is 2.17. The van der Waals surface area contributed by atoms with Gasteiger partial charge in [0, 0.05) is 12.5 Å². The largest absolute Gasteiger partial charge is 0.624 e. The van der Waals surface area contributed by atoms with Crippen LogP contribution in [-0.4, -0.2) is 36.2 Å². The van der Waals surface area contributed by atoms with E-state index < -0.39 is 12.1 Å². The third kappa shape index (κ3) is 6.12. The first-order valence-corrected chi connectivity index (χ1v) is 7.73. The number of aryl methyl sites for hydroxylation is 1. The van der Waals surface area contributed by atoms with Crippen molar-refractivity contribution >= 4 is 12.2 Å². The van der Waals surface area contributed by atoms with Crippen LogP contribution in [0.15, 0.2) is 54.6 Å². The van der Waals surface area contributed by atoms with Gasteiger partial charge in [0.15, 0.2) is 18.9 Å². The average Bonchev–Trinajstić information content (AvgIpc) is 2.55. The summed E-state index contributed by atoms with van der Waals surface area (Å²) >= 11 is 0. The first-order valence-electron chi connectivity index (χ1n) is 7.73. The number of ether oxygens (including phenoxy) is 2. The minimum absolute atomic E-state index is 0.000288. The van der Waals surface area contributed by atoms with Crippen molar-refractivity contribution in [1.29, 1.82) is 0 Å². The molecule has 0 amide bonds. The summed E-state index contributed by atoms with van der Waals surface area (Å²) < 4.78 is 11.5. The third-order valence-corrected chi connectivity index (χ3v) is 3.27. The molecule has 2 rings (SSSR count). The molecule has 0 saturated heterocycles. The molecule has 0 bridgehead atoms. The smallest absolute Gasteiger partial charge is 0.303 e. The molecule has 2 aromatic rings. The van der Waals surface area contributed by atoms with Gasteiger partial charge in [-0.1, -0.05) is 35.9 Å². The lowest BCUT2D eigenvalue weighted by Gasteiger charge is -2.17. The summed E-state index contributed by atoms with van der Waals surface area (Å²) in [5.41, 5.74) is 1.92. The predicted molar refractivity (Wildman–Crippen MR) is 92.3 cm³/mol. The molecule has 0 spiro atoms. The Balaban J connectivity index is 1.99. The van der Waals surface area contributed by atoms with Gasteiger partial charge < -0.3 is 14.7 Å². The molecule has 0 N–H and O–H groups in total. The molecular weight excluding hydrogens is 306 g/mol. The fourth-order valence-corrected chi connectivity index (χ4v) is 2.14. The average molecular weight is 327 g/mol. The summed E-state index contributed by atoms with van der Waals surface area (Å²) in [6, 6.07) is 16.8. The predicted octanol–water partition coefficient (Wildman–Crippen LogP) is 2.93. The maximum Gasteiger partial charge on any atom is 0.303 e. The number of carbonyl (C=O) groups is 1. The molecule has 0 radical (unpaired) electrons. The minimum atomic E-state index is -0.651. The van der Waals surface area contributed by atoms with E-state index in [-0.39, 0.29) is 13.2 Å². The van der Waals surface area contributed by atoms with E-state index >= 15 is 0 Å². The molecule has 0 aliphatic carbocycles. The molecule has 0 heterocycles. The molecule has 2 aromatic carbocycles. The van der Waals surface area contributed by atoms with E-state index in [0.29, 0.717) is 5.75 Å². The van der Waals surface area contributed by atoms with Crippen molar-refractivity contribution in [3.63, 3.8) is 0 Å². The maximum absolute atomic E-state index is 12.1. The van der Waals surface area contributed by atoms with Gasteiger partial charge in [-0.2, -0.15) is 0 Å². The number of para-hydroxylation sites is 1.